The topological polar surface area (TPSA) is 47.7 Å². The Morgan fingerprint density at radius 2 is 1.89 bits per heavy atom. The fraction of sp³-hybridized carbons (Fsp3) is 1.00. The Balaban J connectivity index is 1.94. The highest BCUT2D eigenvalue weighted by Crippen LogP contribution is 2.13. The summed E-state index contributed by atoms with van der Waals surface area (Å²) in [5, 5.41) is 0. The molecular weight excluding hydrogens is 228 g/mol. The summed E-state index contributed by atoms with van der Waals surface area (Å²) in [6, 6.07) is 0. The van der Waals surface area contributed by atoms with E-state index in [1.807, 2.05) is 0 Å². The summed E-state index contributed by atoms with van der Waals surface area (Å²) in [5.74, 6) is 0. The average molecular weight is 258 g/mol. The molecule has 0 unspecified atom stereocenters. The van der Waals surface area contributed by atoms with Gasteiger partial charge in [0.05, 0.1) is 12.7 Å². The molecule has 0 atom stereocenters. The van der Waals surface area contributed by atoms with E-state index in [1.165, 1.54) is 12.8 Å². The highest BCUT2D eigenvalue weighted by molar-refractivity contribution is 4.72. The lowest BCUT2D eigenvalue weighted by Crippen LogP contribution is -2.39. The minimum atomic E-state index is 0.453. The standard InChI is InChI=1S/C14H30N2O2/c1-2-3-11-17-13-10-16-8-5-14(6-9-16)18-12-4-7-15/h14H,2-13,15H2,1H3. The first-order valence-electron chi connectivity index (χ1n) is 7.48. The Kier molecular flexibility index (Phi) is 9.48. The molecule has 1 heterocycles. The lowest BCUT2D eigenvalue weighted by Gasteiger charge is -2.31. The van der Waals surface area contributed by atoms with Gasteiger partial charge in [0.2, 0.25) is 0 Å². The van der Waals surface area contributed by atoms with Crippen LogP contribution in [0.1, 0.15) is 39.0 Å². The van der Waals surface area contributed by atoms with Gasteiger partial charge in [-0.05, 0) is 32.2 Å². The van der Waals surface area contributed by atoms with Crippen molar-refractivity contribution in [2.24, 2.45) is 5.73 Å². The smallest absolute Gasteiger partial charge is 0.0599 e. The zero-order valence-electron chi connectivity index (χ0n) is 11.9. The summed E-state index contributed by atoms with van der Waals surface area (Å²) in [7, 11) is 0. The van der Waals surface area contributed by atoms with Crippen LogP contribution in [0.25, 0.3) is 0 Å². The van der Waals surface area contributed by atoms with Gasteiger partial charge in [-0.25, -0.2) is 0 Å². The van der Waals surface area contributed by atoms with Crippen LogP contribution >= 0.6 is 0 Å². The quantitative estimate of drug-likeness (QED) is 0.605. The maximum atomic E-state index is 5.79. The highest BCUT2D eigenvalue weighted by atomic mass is 16.5. The molecule has 2 N–H and O–H groups in total. The van der Waals surface area contributed by atoms with Crippen molar-refractivity contribution in [1.82, 2.24) is 4.90 Å². The zero-order valence-corrected chi connectivity index (χ0v) is 11.9. The number of unbranched alkanes of at least 4 members (excludes halogenated alkanes) is 1. The Morgan fingerprint density at radius 3 is 2.56 bits per heavy atom. The third-order valence-corrected chi connectivity index (χ3v) is 3.43. The van der Waals surface area contributed by atoms with Crippen molar-refractivity contribution in [3.8, 4) is 0 Å². The first-order chi connectivity index (χ1) is 8.86. The molecule has 4 nitrogen and oxygen atoms in total. The van der Waals surface area contributed by atoms with Crippen LogP contribution in [0.2, 0.25) is 0 Å². The maximum Gasteiger partial charge on any atom is 0.0599 e. The van der Waals surface area contributed by atoms with Gasteiger partial charge in [0.15, 0.2) is 0 Å². The van der Waals surface area contributed by atoms with Crippen molar-refractivity contribution in [2.45, 2.75) is 45.1 Å². The van der Waals surface area contributed by atoms with Crippen LogP contribution in [-0.4, -0.2) is 57.0 Å². The van der Waals surface area contributed by atoms with Crippen LogP contribution in [0.3, 0.4) is 0 Å². The van der Waals surface area contributed by atoms with Gasteiger partial charge in [0.25, 0.3) is 0 Å². The van der Waals surface area contributed by atoms with Gasteiger partial charge >= 0.3 is 0 Å². The normalized spacial score (nSPS) is 18.3. The molecule has 0 spiro atoms. The average Bonchev–Trinajstić information content (AvgIpc) is 2.40. The summed E-state index contributed by atoms with van der Waals surface area (Å²) in [4.78, 5) is 2.48. The van der Waals surface area contributed by atoms with Gasteiger partial charge in [-0.15, -0.1) is 0 Å². The van der Waals surface area contributed by atoms with E-state index in [2.05, 4.69) is 11.8 Å². The number of nitrogens with zero attached hydrogens (tertiary/aromatic N) is 1. The Hall–Kier alpha value is -0.160. The lowest BCUT2D eigenvalue weighted by atomic mass is 10.1. The number of hydrogen-bond donors (Lipinski definition) is 1. The van der Waals surface area contributed by atoms with Crippen molar-refractivity contribution in [1.29, 1.82) is 0 Å². The number of likely N-dealkylation sites (tertiary alicyclic amines) is 1. The Bertz CT molecular complexity index is 183. The van der Waals surface area contributed by atoms with E-state index in [9.17, 15) is 0 Å². The molecule has 0 aromatic carbocycles. The van der Waals surface area contributed by atoms with E-state index in [1.54, 1.807) is 0 Å². The van der Waals surface area contributed by atoms with Gasteiger partial charge in [-0.2, -0.15) is 0 Å². The molecule has 0 aromatic rings. The zero-order chi connectivity index (χ0) is 13.1. The van der Waals surface area contributed by atoms with Gasteiger partial charge in [-0.1, -0.05) is 13.3 Å². The number of hydrogen-bond acceptors (Lipinski definition) is 4. The van der Waals surface area contributed by atoms with Crippen molar-refractivity contribution in [2.75, 3.05) is 46.0 Å². The van der Waals surface area contributed by atoms with E-state index in [4.69, 9.17) is 15.2 Å². The van der Waals surface area contributed by atoms with E-state index in [0.717, 1.165) is 65.3 Å². The molecule has 0 aliphatic carbocycles. The van der Waals surface area contributed by atoms with E-state index < -0.39 is 0 Å². The summed E-state index contributed by atoms with van der Waals surface area (Å²) in [6.07, 6.45) is 6.13. The predicted molar refractivity (Wildman–Crippen MR) is 74.8 cm³/mol. The molecule has 1 saturated heterocycles. The van der Waals surface area contributed by atoms with Crippen molar-refractivity contribution >= 4 is 0 Å². The van der Waals surface area contributed by atoms with Crippen LogP contribution in [0, 0.1) is 0 Å². The summed E-state index contributed by atoms with van der Waals surface area (Å²) in [6.45, 7) is 8.88. The molecule has 0 radical (unpaired) electrons. The number of rotatable bonds is 10. The second-order valence-electron chi connectivity index (χ2n) is 5.02. The van der Waals surface area contributed by atoms with Crippen molar-refractivity contribution in [3.63, 3.8) is 0 Å². The minimum absolute atomic E-state index is 0.453. The molecule has 0 aromatic heterocycles. The van der Waals surface area contributed by atoms with Crippen LogP contribution in [0.5, 0.6) is 0 Å². The Labute approximate surface area is 112 Å². The summed E-state index contributed by atoms with van der Waals surface area (Å²) >= 11 is 0. The van der Waals surface area contributed by atoms with E-state index in [0.29, 0.717) is 6.10 Å². The molecule has 0 amide bonds. The molecule has 108 valence electrons. The molecule has 1 aliphatic rings. The van der Waals surface area contributed by atoms with Crippen LogP contribution in [0.15, 0.2) is 0 Å². The fourth-order valence-electron chi connectivity index (χ4n) is 2.17. The monoisotopic (exact) mass is 258 g/mol. The van der Waals surface area contributed by atoms with Crippen molar-refractivity contribution < 1.29 is 9.47 Å². The third kappa shape index (κ3) is 7.31. The molecule has 18 heavy (non-hydrogen) atoms. The number of piperidine rings is 1. The fourth-order valence-corrected chi connectivity index (χ4v) is 2.17. The number of nitrogens with two attached hydrogens (primary N) is 1. The van der Waals surface area contributed by atoms with E-state index in [-0.39, 0.29) is 0 Å². The van der Waals surface area contributed by atoms with Gasteiger partial charge in [0, 0.05) is 32.8 Å². The third-order valence-electron chi connectivity index (χ3n) is 3.43. The summed E-state index contributed by atoms with van der Waals surface area (Å²) < 4.78 is 11.4. The Morgan fingerprint density at radius 1 is 1.11 bits per heavy atom. The molecule has 1 aliphatic heterocycles. The second kappa shape index (κ2) is 10.7. The first kappa shape index (κ1) is 15.9. The summed E-state index contributed by atoms with van der Waals surface area (Å²) in [5.41, 5.74) is 5.45. The lowest BCUT2D eigenvalue weighted by molar-refractivity contribution is 0.000700. The maximum absolute atomic E-state index is 5.79. The largest absolute Gasteiger partial charge is 0.380 e. The molecule has 0 saturated carbocycles. The van der Waals surface area contributed by atoms with Crippen LogP contribution in [-0.2, 0) is 9.47 Å². The molecule has 1 fully saturated rings. The second-order valence-corrected chi connectivity index (χ2v) is 5.02. The van der Waals surface area contributed by atoms with E-state index >= 15 is 0 Å². The molecule has 0 bridgehead atoms. The predicted octanol–water partition coefficient (Wildman–Crippen LogP) is 1.63. The highest BCUT2D eigenvalue weighted by Gasteiger charge is 2.18. The molecule has 1 rings (SSSR count). The number of ether oxygens (including phenoxy) is 2. The first-order valence-corrected chi connectivity index (χ1v) is 7.48. The minimum Gasteiger partial charge on any atom is -0.380 e. The van der Waals surface area contributed by atoms with Gasteiger partial charge in [0.1, 0.15) is 0 Å². The van der Waals surface area contributed by atoms with Crippen LogP contribution < -0.4 is 5.73 Å². The van der Waals surface area contributed by atoms with Gasteiger partial charge < -0.3 is 20.1 Å². The van der Waals surface area contributed by atoms with Crippen LogP contribution in [0.4, 0.5) is 0 Å². The SMILES string of the molecule is CCCCOCCN1CCC(OCCCN)CC1. The molecular formula is C14H30N2O2. The van der Waals surface area contributed by atoms with Crippen molar-refractivity contribution in [3.05, 3.63) is 0 Å². The van der Waals surface area contributed by atoms with Gasteiger partial charge in [-0.3, -0.25) is 0 Å². The molecule has 4 heteroatoms.